The predicted octanol–water partition coefficient (Wildman–Crippen LogP) is 2.97. The van der Waals surface area contributed by atoms with Crippen LogP contribution in [0.4, 0.5) is 5.69 Å². The number of primary amides is 1. The van der Waals surface area contributed by atoms with Crippen molar-refractivity contribution in [1.82, 2.24) is 0 Å². The van der Waals surface area contributed by atoms with Gasteiger partial charge in [0.1, 0.15) is 0 Å². The van der Waals surface area contributed by atoms with Crippen LogP contribution in [-0.2, 0) is 22.7 Å². The van der Waals surface area contributed by atoms with Crippen molar-refractivity contribution < 1.29 is 19.0 Å². The van der Waals surface area contributed by atoms with Crippen LogP contribution in [0.5, 0.6) is 11.5 Å². The minimum absolute atomic E-state index is 0.266. The summed E-state index contributed by atoms with van der Waals surface area (Å²) >= 11 is 6.25. The molecule has 0 unspecified atom stereocenters. The summed E-state index contributed by atoms with van der Waals surface area (Å²) in [5, 5.41) is 3.70. The van der Waals surface area contributed by atoms with Crippen LogP contribution in [0.15, 0.2) is 36.4 Å². The molecule has 0 spiro atoms. The van der Waals surface area contributed by atoms with Crippen LogP contribution in [0, 0.1) is 0 Å². The smallest absolute Gasteiger partial charge is 0.255 e. The Balaban J connectivity index is 2.15. The Hall–Kier alpha value is -2.44. The van der Waals surface area contributed by atoms with Crippen molar-refractivity contribution in [2.75, 3.05) is 26.1 Å². The Morgan fingerprint density at radius 3 is 2.68 bits per heavy atom. The minimum atomic E-state index is -0.585. The molecule has 3 N–H and O–H groups in total. The zero-order valence-corrected chi connectivity index (χ0v) is 14.9. The van der Waals surface area contributed by atoms with E-state index in [9.17, 15) is 4.79 Å². The van der Waals surface area contributed by atoms with Crippen LogP contribution in [0.2, 0.25) is 5.02 Å². The van der Waals surface area contributed by atoms with Crippen LogP contribution in [0.1, 0.15) is 11.1 Å². The van der Waals surface area contributed by atoms with Crippen molar-refractivity contribution in [3.63, 3.8) is 0 Å². The first-order valence-electron chi connectivity index (χ1n) is 7.63. The van der Waals surface area contributed by atoms with Crippen LogP contribution in [0.3, 0.4) is 0 Å². The molecule has 1 amide bonds. The maximum atomic E-state index is 10.9. The van der Waals surface area contributed by atoms with Crippen LogP contribution >= 0.6 is 11.6 Å². The summed E-state index contributed by atoms with van der Waals surface area (Å²) in [5.41, 5.74) is 8.04. The van der Waals surface area contributed by atoms with E-state index in [0.717, 1.165) is 16.8 Å². The number of rotatable bonds is 9. The molecule has 0 aliphatic carbocycles. The lowest BCUT2D eigenvalue weighted by Crippen LogP contribution is -2.20. The second kappa shape index (κ2) is 9.15. The average molecular weight is 365 g/mol. The van der Waals surface area contributed by atoms with E-state index >= 15 is 0 Å². The number of anilines is 1. The summed E-state index contributed by atoms with van der Waals surface area (Å²) < 4.78 is 15.8. The van der Waals surface area contributed by atoms with Gasteiger partial charge >= 0.3 is 0 Å². The van der Waals surface area contributed by atoms with E-state index in [1.54, 1.807) is 19.2 Å². The Morgan fingerprint density at radius 2 is 2.00 bits per heavy atom. The molecule has 134 valence electrons. The maximum absolute atomic E-state index is 10.9. The lowest BCUT2D eigenvalue weighted by molar-refractivity contribution is -0.119. The SMILES string of the molecule is COCc1ccccc1NCc1cc(Cl)c(OCC(N)=O)c(OC)c1. The van der Waals surface area contributed by atoms with E-state index in [2.05, 4.69) is 5.32 Å². The number of nitrogens with two attached hydrogens (primary N) is 1. The van der Waals surface area contributed by atoms with Crippen LogP contribution in [-0.4, -0.2) is 26.7 Å². The lowest BCUT2D eigenvalue weighted by Gasteiger charge is -2.15. The van der Waals surface area contributed by atoms with Crippen molar-refractivity contribution >= 4 is 23.2 Å². The number of benzene rings is 2. The van der Waals surface area contributed by atoms with Gasteiger partial charge in [0.15, 0.2) is 18.1 Å². The van der Waals surface area contributed by atoms with E-state index in [4.69, 9.17) is 31.5 Å². The second-order valence-corrected chi connectivity index (χ2v) is 5.71. The fraction of sp³-hybridized carbons (Fsp3) is 0.278. The molecule has 2 aromatic rings. The molecule has 0 aliphatic rings. The van der Waals surface area contributed by atoms with Crippen molar-refractivity contribution in [3.8, 4) is 11.5 Å². The molecule has 0 aliphatic heterocycles. The molecular formula is C18H21ClN2O4. The third-order valence-corrected chi connectivity index (χ3v) is 3.73. The van der Waals surface area contributed by atoms with Crippen LogP contribution < -0.4 is 20.5 Å². The molecule has 2 aromatic carbocycles. The van der Waals surface area contributed by atoms with Gasteiger partial charge in [-0.2, -0.15) is 0 Å². The first kappa shape index (κ1) is 18.9. The summed E-state index contributed by atoms with van der Waals surface area (Å²) in [6, 6.07) is 11.5. The number of hydrogen-bond donors (Lipinski definition) is 2. The average Bonchev–Trinajstić information content (AvgIpc) is 2.59. The predicted molar refractivity (Wildman–Crippen MR) is 97.2 cm³/mol. The zero-order valence-electron chi connectivity index (χ0n) is 14.2. The fourth-order valence-corrected chi connectivity index (χ4v) is 2.62. The highest BCUT2D eigenvalue weighted by Crippen LogP contribution is 2.36. The Bertz CT molecular complexity index is 737. The van der Waals surface area contributed by atoms with Gasteiger partial charge in [-0.3, -0.25) is 4.79 Å². The highest BCUT2D eigenvalue weighted by molar-refractivity contribution is 6.32. The van der Waals surface area contributed by atoms with Gasteiger partial charge in [-0.05, 0) is 23.8 Å². The molecule has 0 aromatic heterocycles. The van der Waals surface area contributed by atoms with E-state index in [0.29, 0.717) is 29.7 Å². The number of carbonyl (C=O) groups excluding carboxylic acids is 1. The molecule has 0 fully saturated rings. The third kappa shape index (κ3) is 5.27. The second-order valence-electron chi connectivity index (χ2n) is 5.31. The molecule has 6 nitrogen and oxygen atoms in total. The summed E-state index contributed by atoms with van der Waals surface area (Å²) in [5.74, 6) is 0.154. The van der Waals surface area contributed by atoms with Gasteiger partial charge in [-0.25, -0.2) is 0 Å². The number of halogens is 1. The van der Waals surface area contributed by atoms with Gasteiger partial charge < -0.3 is 25.3 Å². The van der Waals surface area contributed by atoms with Gasteiger partial charge in [-0.15, -0.1) is 0 Å². The first-order chi connectivity index (χ1) is 12.0. The lowest BCUT2D eigenvalue weighted by atomic mass is 10.1. The monoisotopic (exact) mass is 364 g/mol. The largest absolute Gasteiger partial charge is 0.493 e. The zero-order chi connectivity index (χ0) is 18.2. The van der Waals surface area contributed by atoms with Gasteiger partial charge in [0.05, 0.1) is 18.7 Å². The van der Waals surface area contributed by atoms with Gasteiger partial charge in [-0.1, -0.05) is 29.8 Å². The molecule has 2 rings (SSSR count). The Morgan fingerprint density at radius 1 is 1.24 bits per heavy atom. The quantitative estimate of drug-likeness (QED) is 0.714. The molecule has 0 saturated carbocycles. The molecule has 0 atom stereocenters. The molecule has 25 heavy (non-hydrogen) atoms. The summed E-state index contributed by atoms with van der Waals surface area (Å²) in [7, 11) is 3.17. The molecule has 0 heterocycles. The number of hydrogen-bond acceptors (Lipinski definition) is 5. The molecule has 0 saturated heterocycles. The van der Waals surface area contributed by atoms with Crippen molar-refractivity contribution in [1.29, 1.82) is 0 Å². The molecule has 0 radical (unpaired) electrons. The van der Waals surface area contributed by atoms with Crippen molar-refractivity contribution in [2.45, 2.75) is 13.2 Å². The van der Waals surface area contributed by atoms with Gasteiger partial charge in [0, 0.05) is 24.9 Å². The molecule has 7 heteroatoms. The highest BCUT2D eigenvalue weighted by Gasteiger charge is 2.13. The fourth-order valence-electron chi connectivity index (χ4n) is 2.33. The first-order valence-corrected chi connectivity index (χ1v) is 8.01. The summed E-state index contributed by atoms with van der Waals surface area (Å²) in [6.45, 7) is 0.790. The number of para-hydroxylation sites is 1. The number of nitrogens with one attached hydrogen (secondary N) is 1. The van der Waals surface area contributed by atoms with E-state index in [1.807, 2.05) is 24.3 Å². The normalized spacial score (nSPS) is 10.4. The van der Waals surface area contributed by atoms with E-state index in [-0.39, 0.29) is 6.61 Å². The minimum Gasteiger partial charge on any atom is -0.493 e. The molecular weight excluding hydrogens is 344 g/mol. The van der Waals surface area contributed by atoms with Crippen LogP contribution in [0.25, 0.3) is 0 Å². The van der Waals surface area contributed by atoms with Gasteiger partial charge in [0.25, 0.3) is 5.91 Å². The maximum Gasteiger partial charge on any atom is 0.255 e. The van der Waals surface area contributed by atoms with E-state index < -0.39 is 5.91 Å². The number of ether oxygens (including phenoxy) is 3. The number of amides is 1. The topological polar surface area (TPSA) is 82.8 Å². The number of methoxy groups -OCH3 is 2. The highest BCUT2D eigenvalue weighted by atomic mass is 35.5. The summed E-state index contributed by atoms with van der Waals surface area (Å²) in [6.07, 6.45) is 0. The van der Waals surface area contributed by atoms with Gasteiger partial charge in [0.2, 0.25) is 0 Å². The summed E-state index contributed by atoms with van der Waals surface area (Å²) in [4.78, 5) is 10.9. The Kier molecular flexibility index (Phi) is 6.91. The van der Waals surface area contributed by atoms with Crippen molar-refractivity contribution in [2.24, 2.45) is 5.73 Å². The van der Waals surface area contributed by atoms with Crippen molar-refractivity contribution in [3.05, 3.63) is 52.5 Å². The number of carbonyl (C=O) groups is 1. The van der Waals surface area contributed by atoms with E-state index in [1.165, 1.54) is 7.11 Å². The standard InChI is InChI=1S/C18H21ClN2O4/c1-23-10-13-5-3-4-6-15(13)21-9-12-7-14(19)18(16(8-12)24-2)25-11-17(20)22/h3-8,21H,9-11H2,1-2H3,(H2,20,22). The Labute approximate surface area is 151 Å². The molecule has 0 bridgehead atoms. The third-order valence-electron chi connectivity index (χ3n) is 3.45.